The summed E-state index contributed by atoms with van der Waals surface area (Å²) in [6.45, 7) is 22.6. The number of rotatable bonds is 15. The Kier molecular flexibility index (Phi) is 31.2. The lowest BCUT2D eigenvalue weighted by molar-refractivity contribution is -0.139. The second kappa shape index (κ2) is 31.7. The minimum Gasteiger partial charge on any atom is -0.515 e. The maximum Gasteiger partial charge on any atom is 0.341 e. The predicted molar refractivity (Wildman–Crippen MR) is 184 cm³/mol. The van der Waals surface area contributed by atoms with Gasteiger partial charge in [0.15, 0.2) is 0 Å². The third-order valence-electron chi connectivity index (χ3n) is 5.10. The molecule has 0 saturated carbocycles. The topological polar surface area (TPSA) is 186 Å². The van der Waals surface area contributed by atoms with Crippen molar-refractivity contribution in [2.75, 3.05) is 26.4 Å². The summed E-state index contributed by atoms with van der Waals surface area (Å²) in [6, 6.07) is 10.0. The van der Waals surface area contributed by atoms with Crippen molar-refractivity contribution in [3.63, 3.8) is 0 Å². The van der Waals surface area contributed by atoms with Crippen molar-refractivity contribution in [1.82, 2.24) is 0 Å². The normalized spacial score (nSPS) is 12.2. The number of aliphatic hydroxyl groups is 1. The fraction of sp³-hybridized carbons (Fsp3) is 0.361. The van der Waals surface area contributed by atoms with Crippen LogP contribution in [0.5, 0.6) is 0 Å². The maximum absolute atomic E-state index is 10.9. The summed E-state index contributed by atoms with van der Waals surface area (Å²) in [5, 5.41) is 25.1. The van der Waals surface area contributed by atoms with Crippen LogP contribution in [0.15, 0.2) is 97.9 Å². The number of hydrogen-bond donors (Lipinski definition) is 3. The Morgan fingerprint density at radius 3 is 1.83 bits per heavy atom. The van der Waals surface area contributed by atoms with Gasteiger partial charge in [-0.2, -0.15) is 0 Å². The molecule has 0 bridgehead atoms. The SMILES string of the molecule is C=C(C)C(=O)OCC.C=C(CCC1CO1)C(=O)O.C=CC(=O)OCCCC.C=Cc1ccccc1.CCOC(=O)C(C=CC(=O)O)=CO. The molecule has 1 aliphatic heterocycles. The number of carbonyl (C=O) groups is 5. The molecule has 1 unspecified atom stereocenters. The van der Waals surface area contributed by atoms with E-state index in [9.17, 15) is 24.0 Å². The van der Waals surface area contributed by atoms with Crippen molar-refractivity contribution in [1.29, 1.82) is 0 Å². The van der Waals surface area contributed by atoms with Crippen molar-refractivity contribution >= 4 is 35.9 Å². The highest BCUT2D eigenvalue weighted by Crippen LogP contribution is 2.17. The molecular weight excluding hydrogens is 624 g/mol. The van der Waals surface area contributed by atoms with Crippen LogP contribution >= 0.6 is 0 Å². The van der Waals surface area contributed by atoms with E-state index >= 15 is 0 Å². The van der Waals surface area contributed by atoms with Crippen LogP contribution < -0.4 is 0 Å². The summed E-state index contributed by atoms with van der Waals surface area (Å²) in [4.78, 5) is 51.9. The number of aliphatic hydroxyl groups excluding tert-OH is 1. The average Bonchev–Trinajstić information content (AvgIpc) is 3.90. The highest BCUT2D eigenvalue weighted by Gasteiger charge is 2.22. The van der Waals surface area contributed by atoms with Crippen molar-refractivity contribution in [2.45, 2.75) is 59.5 Å². The van der Waals surface area contributed by atoms with Gasteiger partial charge >= 0.3 is 29.8 Å². The Labute approximate surface area is 283 Å². The summed E-state index contributed by atoms with van der Waals surface area (Å²) >= 11 is 0. The van der Waals surface area contributed by atoms with E-state index in [1.54, 1.807) is 20.8 Å². The minimum absolute atomic E-state index is 0.164. The van der Waals surface area contributed by atoms with Gasteiger partial charge in [-0.1, -0.05) is 76.1 Å². The molecule has 0 spiro atoms. The second-order valence-electron chi connectivity index (χ2n) is 9.22. The molecule has 12 heteroatoms. The van der Waals surface area contributed by atoms with Crippen molar-refractivity contribution in [3.8, 4) is 0 Å². The first-order chi connectivity index (χ1) is 22.7. The zero-order valence-corrected chi connectivity index (χ0v) is 28.4. The third-order valence-corrected chi connectivity index (χ3v) is 5.10. The van der Waals surface area contributed by atoms with Gasteiger partial charge in [0.05, 0.1) is 44.4 Å². The van der Waals surface area contributed by atoms with E-state index in [1.165, 1.54) is 11.6 Å². The molecule has 1 fully saturated rings. The van der Waals surface area contributed by atoms with Crippen LogP contribution in [0.2, 0.25) is 0 Å². The van der Waals surface area contributed by atoms with Crippen molar-refractivity contribution < 1.29 is 58.2 Å². The Morgan fingerprint density at radius 1 is 0.917 bits per heavy atom. The minimum atomic E-state index is -1.20. The van der Waals surface area contributed by atoms with Gasteiger partial charge in [-0.15, -0.1) is 0 Å². The smallest absolute Gasteiger partial charge is 0.341 e. The average molecular weight is 675 g/mol. The van der Waals surface area contributed by atoms with Crippen LogP contribution in [-0.2, 0) is 42.9 Å². The molecule has 1 aliphatic rings. The largest absolute Gasteiger partial charge is 0.515 e. The van der Waals surface area contributed by atoms with E-state index in [0.717, 1.165) is 38.0 Å². The number of benzene rings is 1. The summed E-state index contributed by atoms with van der Waals surface area (Å²) in [5.74, 6) is -3.51. The van der Waals surface area contributed by atoms with Crippen LogP contribution in [0, 0.1) is 0 Å². The fourth-order valence-electron chi connectivity index (χ4n) is 2.44. The lowest BCUT2D eigenvalue weighted by Crippen LogP contribution is -2.06. The number of epoxide rings is 1. The van der Waals surface area contributed by atoms with Crippen molar-refractivity contribution in [2.24, 2.45) is 0 Å². The van der Waals surface area contributed by atoms with Crippen LogP contribution in [-0.4, -0.2) is 77.7 Å². The number of carboxylic acid groups (broad SMARTS) is 2. The molecule has 48 heavy (non-hydrogen) atoms. The molecule has 1 aromatic carbocycles. The van der Waals surface area contributed by atoms with E-state index < -0.39 is 17.9 Å². The summed E-state index contributed by atoms with van der Waals surface area (Å²) in [5.41, 5.74) is 1.69. The molecule has 0 amide bonds. The lowest BCUT2D eigenvalue weighted by atomic mass is 10.1. The van der Waals surface area contributed by atoms with Crippen LogP contribution in [0.4, 0.5) is 0 Å². The van der Waals surface area contributed by atoms with E-state index in [2.05, 4.69) is 40.5 Å². The standard InChI is InChI=1S/C8H10O5.C8H8.C7H10O3.C7H12O2.C6H10O2/c1-2-13-8(12)6(5-9)3-4-7(10)11;1-2-8-6-4-3-5-7-8;1-5(7(8)9)2-3-6-4-10-6;1-3-5-6-9-7(8)4-2;1-4-8-6(7)5(2)3/h3-5,9H,2H2,1H3,(H,10,11);2-7H,1H2;6H,1-4H2,(H,8,9);4H,2-3,5-6H2,1H3;2,4H2,1,3H3. The van der Waals surface area contributed by atoms with Gasteiger partial charge in [-0.25, -0.2) is 24.0 Å². The van der Waals surface area contributed by atoms with E-state index in [0.29, 0.717) is 37.6 Å². The summed E-state index contributed by atoms with van der Waals surface area (Å²) in [7, 11) is 0. The van der Waals surface area contributed by atoms with Gasteiger partial charge in [0.2, 0.25) is 0 Å². The first-order valence-electron chi connectivity index (χ1n) is 15.0. The zero-order valence-electron chi connectivity index (χ0n) is 28.4. The molecule has 3 N–H and O–H groups in total. The molecule has 266 valence electrons. The Balaban J connectivity index is -0.000000534. The molecule has 1 atom stereocenters. The number of unbranched alkanes of at least 4 members (excludes halogenated alkanes) is 1. The number of carboxylic acids is 2. The van der Waals surface area contributed by atoms with Crippen molar-refractivity contribution in [3.05, 3.63) is 103 Å². The van der Waals surface area contributed by atoms with E-state index in [1.807, 2.05) is 43.3 Å². The van der Waals surface area contributed by atoms with Gasteiger partial charge in [0.1, 0.15) is 0 Å². The van der Waals surface area contributed by atoms with E-state index in [-0.39, 0.29) is 29.7 Å². The maximum atomic E-state index is 10.9. The highest BCUT2D eigenvalue weighted by atomic mass is 16.6. The molecular formula is C36H50O12. The molecule has 12 nitrogen and oxygen atoms in total. The van der Waals surface area contributed by atoms with Gasteiger partial charge in [-0.3, -0.25) is 0 Å². The first-order valence-corrected chi connectivity index (χ1v) is 15.0. The molecule has 0 aliphatic carbocycles. The second-order valence-corrected chi connectivity index (χ2v) is 9.22. The molecule has 0 aromatic heterocycles. The number of hydrogen-bond acceptors (Lipinski definition) is 10. The van der Waals surface area contributed by atoms with Crippen LogP contribution in [0.3, 0.4) is 0 Å². The Bertz CT molecular complexity index is 1210. The van der Waals surface area contributed by atoms with Gasteiger partial charge in [-0.05, 0) is 51.7 Å². The quantitative estimate of drug-likeness (QED) is 0.0354. The van der Waals surface area contributed by atoms with Gasteiger partial charge in [0, 0.05) is 23.3 Å². The fourth-order valence-corrected chi connectivity index (χ4v) is 2.44. The predicted octanol–water partition coefficient (Wildman–Crippen LogP) is 6.41. The number of ether oxygens (including phenoxy) is 4. The Hall–Kier alpha value is -5.23. The van der Waals surface area contributed by atoms with Gasteiger partial charge in [0.25, 0.3) is 0 Å². The van der Waals surface area contributed by atoms with E-state index in [4.69, 9.17) is 20.1 Å². The lowest BCUT2D eigenvalue weighted by Gasteiger charge is -1.99. The molecule has 2 rings (SSSR count). The number of carbonyl (C=O) groups excluding carboxylic acids is 3. The monoisotopic (exact) mass is 674 g/mol. The molecule has 0 radical (unpaired) electrons. The zero-order chi connectivity index (χ0) is 37.3. The Morgan fingerprint density at radius 2 is 1.48 bits per heavy atom. The molecule has 1 heterocycles. The number of aliphatic carboxylic acids is 2. The third kappa shape index (κ3) is 32.2. The summed E-state index contributed by atoms with van der Waals surface area (Å²) < 4.78 is 18.7. The first kappa shape index (κ1) is 47.2. The van der Waals surface area contributed by atoms with Gasteiger partial charge < -0.3 is 34.3 Å². The summed E-state index contributed by atoms with van der Waals surface area (Å²) in [6.07, 6.45) is 8.82. The van der Waals surface area contributed by atoms with Crippen LogP contribution in [0.25, 0.3) is 6.08 Å². The highest BCUT2D eigenvalue weighted by molar-refractivity contribution is 5.93. The molecule has 1 aromatic rings. The van der Waals surface area contributed by atoms with Crippen LogP contribution in [0.1, 0.15) is 58.9 Å². The molecule has 1 saturated heterocycles. The number of esters is 3.